The zero-order chi connectivity index (χ0) is 57.0. The molecule has 0 radical (unpaired) electrons. The highest BCUT2D eigenvalue weighted by Crippen LogP contribution is 2.38. The minimum absolute atomic E-state index is 0.0379. The zero-order valence-electron chi connectivity index (χ0n) is 51.1. The molecule has 0 aliphatic heterocycles. The Morgan fingerprint density at radius 3 is 1.09 bits per heavy atom. The normalized spacial score (nSPS) is 13.9. The summed E-state index contributed by atoms with van der Waals surface area (Å²) < 4.78 is 34.2. The molecule has 2 unspecified atom stereocenters. The molecule has 0 rings (SSSR count). The summed E-state index contributed by atoms with van der Waals surface area (Å²) in [4.78, 5) is 38.0. The summed E-state index contributed by atoms with van der Waals surface area (Å²) in [5.74, 6) is -0.848. The van der Waals surface area contributed by atoms with Crippen molar-refractivity contribution < 1.29 is 42.1 Å². The predicted octanol–water partition coefficient (Wildman–Crippen LogP) is 19.7. The number of carbonyl (C=O) groups excluding carboxylic acids is 2. The van der Waals surface area contributed by atoms with Crippen LogP contribution in [-0.2, 0) is 32.7 Å². The molecule has 0 heterocycles. The van der Waals surface area contributed by atoms with E-state index in [4.69, 9.17) is 18.5 Å². The van der Waals surface area contributed by atoms with Gasteiger partial charge in [-0.1, -0.05) is 259 Å². The number of likely N-dealkylation sites (N-methyl/N-ethyl adjacent to an activating group) is 1. The maximum Gasteiger partial charge on any atom is 0.306 e. The smallest absolute Gasteiger partial charge is 0.306 e. The number of hydrogen-bond donors (Lipinski definition) is 0. The lowest BCUT2D eigenvalue weighted by molar-refractivity contribution is -0.870. The van der Waals surface area contributed by atoms with Gasteiger partial charge in [-0.25, -0.2) is 0 Å². The van der Waals surface area contributed by atoms with Crippen molar-refractivity contribution in [2.75, 3.05) is 47.5 Å². The van der Waals surface area contributed by atoms with E-state index in [1.807, 2.05) is 21.1 Å². The van der Waals surface area contributed by atoms with Crippen LogP contribution < -0.4 is 4.89 Å². The summed E-state index contributed by atoms with van der Waals surface area (Å²) in [6.07, 6.45) is 80.4. The molecule has 10 heteroatoms. The summed E-state index contributed by atoms with van der Waals surface area (Å²) >= 11 is 0. The van der Waals surface area contributed by atoms with Crippen molar-refractivity contribution in [3.8, 4) is 0 Å². The average Bonchev–Trinajstić information content (AvgIpc) is 3.40. The maximum atomic E-state index is 12.8. The van der Waals surface area contributed by atoms with Crippen LogP contribution >= 0.6 is 7.82 Å². The summed E-state index contributed by atoms with van der Waals surface area (Å²) in [5.41, 5.74) is 0. The Hall–Kier alpha value is -3.07. The van der Waals surface area contributed by atoms with E-state index in [-0.39, 0.29) is 32.0 Å². The number of phosphoric acid groups is 1. The third-order valence-corrected chi connectivity index (χ3v) is 14.6. The molecule has 78 heavy (non-hydrogen) atoms. The summed E-state index contributed by atoms with van der Waals surface area (Å²) in [5, 5.41) is 0. The van der Waals surface area contributed by atoms with Gasteiger partial charge >= 0.3 is 11.9 Å². The number of ether oxygens (including phenoxy) is 2. The fourth-order valence-corrected chi connectivity index (χ4v) is 9.42. The molecule has 2 atom stereocenters. The third-order valence-electron chi connectivity index (χ3n) is 13.6. The molecule has 0 aliphatic carbocycles. The highest BCUT2D eigenvalue weighted by Gasteiger charge is 2.22. The number of unbranched alkanes of at least 4 members (excludes halogenated alkanes) is 28. The second kappa shape index (κ2) is 58.6. The van der Waals surface area contributed by atoms with Crippen LogP contribution in [0.3, 0.4) is 0 Å². The van der Waals surface area contributed by atoms with Gasteiger partial charge in [0.1, 0.15) is 19.8 Å². The van der Waals surface area contributed by atoms with Crippen molar-refractivity contribution in [1.82, 2.24) is 0 Å². The van der Waals surface area contributed by atoms with Crippen LogP contribution in [0.25, 0.3) is 0 Å². The molecular weight excluding hydrogens is 990 g/mol. The number of hydrogen-bond acceptors (Lipinski definition) is 8. The fourth-order valence-electron chi connectivity index (χ4n) is 8.69. The van der Waals surface area contributed by atoms with Crippen LogP contribution in [0.5, 0.6) is 0 Å². The van der Waals surface area contributed by atoms with Gasteiger partial charge in [-0.3, -0.25) is 14.2 Å². The van der Waals surface area contributed by atoms with Gasteiger partial charge < -0.3 is 27.9 Å². The standard InChI is InChI=1S/C68H120NO8P/c1-6-8-10-12-14-16-18-20-22-24-26-28-30-32-33-34-35-37-38-40-42-44-46-48-50-52-54-56-58-60-67(70)74-64-66(65-76-78(72,73)75-63-62-69(3,4)5)77-68(71)61-59-57-55-53-51-49-47-45-43-41-39-36-31-29-27-25-23-21-19-17-15-13-11-9-7-2/h9,11,15,17-18,20-21,23-24,26-27,29,36,39,43,45,66H,6-8,10,12-14,16,19,22,25,28,30-35,37-38,40-42,44,46-65H2,1-5H3/b11-9-,17-15-,20-18-,23-21-,26-24-,29-27-,39-36-,45-43-. The fraction of sp³-hybridized carbons (Fsp3) is 0.735. The molecule has 0 saturated heterocycles. The molecule has 0 spiro atoms. The van der Waals surface area contributed by atoms with E-state index < -0.39 is 26.5 Å². The van der Waals surface area contributed by atoms with Gasteiger partial charge in [0, 0.05) is 12.8 Å². The summed E-state index contributed by atoms with van der Waals surface area (Å²) in [6, 6.07) is 0. The molecule has 0 bridgehead atoms. The number of allylic oxidation sites excluding steroid dienone is 16. The van der Waals surface area contributed by atoms with Crippen LogP contribution in [0.1, 0.15) is 271 Å². The Kier molecular flexibility index (Phi) is 56.3. The number of carbonyl (C=O) groups is 2. The van der Waals surface area contributed by atoms with E-state index in [0.717, 1.165) is 103 Å². The van der Waals surface area contributed by atoms with Crippen LogP contribution in [0.15, 0.2) is 97.2 Å². The Morgan fingerprint density at radius 2 is 0.731 bits per heavy atom. The van der Waals surface area contributed by atoms with Crippen LogP contribution in [0.4, 0.5) is 0 Å². The van der Waals surface area contributed by atoms with E-state index in [1.165, 1.54) is 135 Å². The van der Waals surface area contributed by atoms with Gasteiger partial charge in [-0.2, -0.15) is 0 Å². The minimum Gasteiger partial charge on any atom is -0.756 e. The average molecular weight is 1110 g/mol. The van der Waals surface area contributed by atoms with Gasteiger partial charge in [-0.05, 0) is 96.3 Å². The first kappa shape index (κ1) is 74.9. The van der Waals surface area contributed by atoms with Gasteiger partial charge in [-0.15, -0.1) is 0 Å². The number of rotatable bonds is 58. The van der Waals surface area contributed by atoms with Crippen molar-refractivity contribution in [1.29, 1.82) is 0 Å². The minimum atomic E-state index is -4.65. The second-order valence-corrected chi connectivity index (χ2v) is 23.8. The number of quaternary nitrogens is 1. The topological polar surface area (TPSA) is 111 Å². The molecule has 0 aromatic rings. The summed E-state index contributed by atoms with van der Waals surface area (Å²) in [6.45, 7) is 4.11. The molecular formula is C68H120NO8P. The number of nitrogens with zero attached hydrogens (tertiary/aromatic N) is 1. The highest BCUT2D eigenvalue weighted by molar-refractivity contribution is 7.45. The largest absolute Gasteiger partial charge is 0.756 e. The van der Waals surface area contributed by atoms with Crippen LogP contribution in [-0.4, -0.2) is 70.0 Å². The first-order chi connectivity index (χ1) is 38.0. The quantitative estimate of drug-likeness (QED) is 0.0195. The van der Waals surface area contributed by atoms with E-state index in [1.54, 1.807) is 0 Å². The van der Waals surface area contributed by atoms with Crippen molar-refractivity contribution in [2.45, 2.75) is 277 Å². The SMILES string of the molecule is CC/C=C\C/C=C\C/C=C\C/C=C\C/C=C\C/C=C\CCCCCCCCC(=O)OC(COC(=O)CCCCCCCCCCCCCCCCCCC/C=C\C/C=C\CCCCCCC)COP(=O)([O-])OCC[N+](C)(C)C. The molecule has 450 valence electrons. The van der Waals surface area contributed by atoms with E-state index in [0.29, 0.717) is 17.4 Å². The van der Waals surface area contributed by atoms with Gasteiger partial charge in [0.05, 0.1) is 27.7 Å². The van der Waals surface area contributed by atoms with Crippen molar-refractivity contribution >= 4 is 19.8 Å². The van der Waals surface area contributed by atoms with Crippen molar-refractivity contribution in [3.05, 3.63) is 97.2 Å². The predicted molar refractivity (Wildman–Crippen MR) is 332 cm³/mol. The van der Waals surface area contributed by atoms with Crippen molar-refractivity contribution in [3.63, 3.8) is 0 Å². The second-order valence-electron chi connectivity index (χ2n) is 22.4. The van der Waals surface area contributed by atoms with Crippen LogP contribution in [0.2, 0.25) is 0 Å². The molecule has 0 aliphatic rings. The lowest BCUT2D eigenvalue weighted by Gasteiger charge is -2.28. The van der Waals surface area contributed by atoms with Gasteiger partial charge in [0.2, 0.25) is 0 Å². The Balaban J connectivity index is 4.13. The molecule has 0 N–H and O–H groups in total. The zero-order valence-corrected chi connectivity index (χ0v) is 52.0. The van der Waals surface area contributed by atoms with Crippen molar-refractivity contribution in [2.24, 2.45) is 0 Å². The molecule has 0 fully saturated rings. The van der Waals surface area contributed by atoms with Gasteiger partial charge in [0.15, 0.2) is 6.10 Å². The Labute approximate surface area is 481 Å². The third kappa shape index (κ3) is 62.1. The Morgan fingerprint density at radius 1 is 0.410 bits per heavy atom. The Bertz CT molecular complexity index is 1640. The monoisotopic (exact) mass is 1110 g/mol. The lowest BCUT2D eigenvalue weighted by Crippen LogP contribution is -2.37. The first-order valence-electron chi connectivity index (χ1n) is 31.9. The van der Waals surface area contributed by atoms with Crippen LogP contribution in [0, 0.1) is 0 Å². The highest BCUT2D eigenvalue weighted by atomic mass is 31.2. The van der Waals surface area contributed by atoms with E-state index in [9.17, 15) is 19.0 Å². The molecule has 9 nitrogen and oxygen atoms in total. The van der Waals surface area contributed by atoms with E-state index in [2.05, 4.69) is 111 Å². The maximum absolute atomic E-state index is 12.8. The first-order valence-corrected chi connectivity index (χ1v) is 33.4. The van der Waals surface area contributed by atoms with E-state index >= 15 is 0 Å². The molecule has 0 aromatic carbocycles. The molecule has 0 amide bonds. The molecule has 0 aromatic heterocycles. The van der Waals surface area contributed by atoms with Gasteiger partial charge in [0.25, 0.3) is 7.82 Å². The summed E-state index contributed by atoms with van der Waals surface area (Å²) in [7, 11) is 1.15. The number of esters is 2. The lowest BCUT2D eigenvalue weighted by atomic mass is 10.0. The molecule has 0 saturated carbocycles. The number of phosphoric ester groups is 1.